The smallest absolute Gasteiger partial charge is 0.228 e. The molecular formula is C19H19N3O3S. The Morgan fingerprint density at radius 3 is 3.04 bits per heavy atom. The zero-order valence-electron chi connectivity index (χ0n) is 14.3. The van der Waals surface area contributed by atoms with Crippen LogP contribution in [0.1, 0.15) is 23.8 Å². The van der Waals surface area contributed by atoms with Crippen LogP contribution >= 0.6 is 12.2 Å². The highest BCUT2D eigenvalue weighted by Gasteiger charge is 2.30. The molecule has 1 aromatic carbocycles. The van der Waals surface area contributed by atoms with Crippen LogP contribution in [0.2, 0.25) is 0 Å². The van der Waals surface area contributed by atoms with Crippen LogP contribution in [-0.4, -0.2) is 30.4 Å². The second-order valence-electron chi connectivity index (χ2n) is 6.00. The van der Waals surface area contributed by atoms with Gasteiger partial charge in [-0.2, -0.15) is 0 Å². The first kappa shape index (κ1) is 16.8. The normalized spacial score (nSPS) is 16.0. The number of thiocarbonyl (C=S) groups is 1. The SMILES string of the molecule is COCCCOc1cccc([C@@H]2NC(=S)Nc3c2oc2ncccc32)c1. The summed E-state index contributed by atoms with van der Waals surface area (Å²) in [4.78, 5) is 4.30. The van der Waals surface area contributed by atoms with Gasteiger partial charge in [0, 0.05) is 26.3 Å². The van der Waals surface area contributed by atoms with Gasteiger partial charge in [-0.3, -0.25) is 0 Å². The fraction of sp³-hybridized carbons (Fsp3) is 0.263. The second-order valence-corrected chi connectivity index (χ2v) is 6.40. The van der Waals surface area contributed by atoms with Crippen LogP contribution in [0.3, 0.4) is 0 Å². The first-order valence-electron chi connectivity index (χ1n) is 8.43. The quantitative estimate of drug-likeness (QED) is 0.508. The van der Waals surface area contributed by atoms with Crippen LogP contribution < -0.4 is 15.4 Å². The summed E-state index contributed by atoms with van der Waals surface area (Å²) in [5, 5.41) is 7.94. The molecule has 0 saturated carbocycles. The summed E-state index contributed by atoms with van der Waals surface area (Å²) in [6.07, 6.45) is 2.56. The van der Waals surface area contributed by atoms with Crippen LogP contribution in [0.5, 0.6) is 5.75 Å². The lowest BCUT2D eigenvalue weighted by Crippen LogP contribution is -2.37. The van der Waals surface area contributed by atoms with Gasteiger partial charge in [0.25, 0.3) is 0 Å². The lowest BCUT2D eigenvalue weighted by Gasteiger charge is -2.26. The highest BCUT2D eigenvalue weighted by Crippen LogP contribution is 2.39. The van der Waals surface area contributed by atoms with Gasteiger partial charge in [-0.05, 0) is 42.0 Å². The Balaban J connectivity index is 1.65. The van der Waals surface area contributed by atoms with E-state index in [-0.39, 0.29) is 6.04 Å². The minimum absolute atomic E-state index is 0.199. The van der Waals surface area contributed by atoms with Gasteiger partial charge < -0.3 is 24.5 Å². The Kier molecular flexibility index (Phi) is 4.73. The lowest BCUT2D eigenvalue weighted by molar-refractivity contribution is 0.172. The van der Waals surface area contributed by atoms with Crippen molar-refractivity contribution in [2.24, 2.45) is 0 Å². The highest BCUT2D eigenvalue weighted by molar-refractivity contribution is 7.80. The summed E-state index contributed by atoms with van der Waals surface area (Å²) in [7, 11) is 1.69. The summed E-state index contributed by atoms with van der Waals surface area (Å²) < 4.78 is 16.9. The van der Waals surface area contributed by atoms with Gasteiger partial charge in [0.05, 0.1) is 17.7 Å². The zero-order valence-corrected chi connectivity index (χ0v) is 15.1. The number of aromatic nitrogens is 1. The molecule has 2 N–H and O–H groups in total. The number of benzene rings is 1. The molecule has 0 amide bonds. The largest absolute Gasteiger partial charge is 0.493 e. The summed E-state index contributed by atoms with van der Waals surface area (Å²) in [5.41, 5.74) is 2.47. The molecule has 1 atom stereocenters. The number of hydrogen-bond acceptors (Lipinski definition) is 5. The van der Waals surface area contributed by atoms with Gasteiger partial charge >= 0.3 is 0 Å². The molecule has 0 unspecified atom stereocenters. The molecule has 0 spiro atoms. The van der Waals surface area contributed by atoms with Crippen molar-refractivity contribution in [2.45, 2.75) is 12.5 Å². The topological polar surface area (TPSA) is 68.6 Å². The van der Waals surface area contributed by atoms with Crippen molar-refractivity contribution in [2.75, 3.05) is 25.6 Å². The predicted molar refractivity (Wildman–Crippen MR) is 104 cm³/mol. The van der Waals surface area contributed by atoms with E-state index >= 15 is 0 Å². The van der Waals surface area contributed by atoms with E-state index in [2.05, 4.69) is 15.6 Å². The number of pyridine rings is 1. The van der Waals surface area contributed by atoms with Crippen LogP contribution in [0.15, 0.2) is 47.0 Å². The second kappa shape index (κ2) is 7.31. The number of hydrogen-bond donors (Lipinski definition) is 2. The number of rotatable bonds is 6. The molecule has 0 saturated heterocycles. The van der Waals surface area contributed by atoms with E-state index in [9.17, 15) is 0 Å². The summed E-state index contributed by atoms with van der Waals surface area (Å²) in [5.74, 6) is 1.57. The maximum absolute atomic E-state index is 6.01. The summed E-state index contributed by atoms with van der Waals surface area (Å²) in [6, 6.07) is 11.6. The minimum Gasteiger partial charge on any atom is -0.493 e. The molecule has 0 fully saturated rings. The Morgan fingerprint density at radius 1 is 1.23 bits per heavy atom. The van der Waals surface area contributed by atoms with E-state index in [1.807, 2.05) is 36.4 Å². The van der Waals surface area contributed by atoms with Crippen molar-refractivity contribution < 1.29 is 13.9 Å². The Hall–Kier alpha value is -2.64. The van der Waals surface area contributed by atoms with Crippen molar-refractivity contribution in [3.8, 4) is 5.75 Å². The molecule has 7 heteroatoms. The third kappa shape index (κ3) is 3.23. The van der Waals surface area contributed by atoms with E-state index in [0.29, 0.717) is 24.0 Å². The van der Waals surface area contributed by atoms with E-state index < -0.39 is 0 Å². The number of fused-ring (bicyclic) bond motifs is 3. The molecule has 2 aromatic heterocycles. The number of anilines is 1. The minimum atomic E-state index is -0.199. The molecule has 0 bridgehead atoms. The highest BCUT2D eigenvalue weighted by atomic mass is 32.1. The third-order valence-electron chi connectivity index (χ3n) is 4.22. The van der Waals surface area contributed by atoms with Gasteiger partial charge in [0.1, 0.15) is 11.8 Å². The molecular weight excluding hydrogens is 350 g/mol. The standard InChI is InChI=1S/C19H19N3O3S/c1-23-9-4-10-24-13-6-2-5-12(11-13)15-17-16(22-19(26)21-15)14-7-3-8-20-18(14)25-17/h2-3,5-8,11,15H,4,9-10H2,1H3,(H2,21,22,26)/t15-/m0/s1. The average molecular weight is 369 g/mol. The monoisotopic (exact) mass is 369 g/mol. The Bertz CT molecular complexity index is 941. The average Bonchev–Trinajstić information content (AvgIpc) is 3.03. The number of furan rings is 1. The number of ether oxygens (including phenoxy) is 2. The molecule has 3 heterocycles. The molecule has 1 aliphatic heterocycles. The first-order valence-corrected chi connectivity index (χ1v) is 8.83. The van der Waals surface area contributed by atoms with Gasteiger partial charge in [0.15, 0.2) is 10.9 Å². The molecule has 4 rings (SSSR count). The van der Waals surface area contributed by atoms with E-state index in [0.717, 1.165) is 34.6 Å². The molecule has 26 heavy (non-hydrogen) atoms. The maximum Gasteiger partial charge on any atom is 0.228 e. The lowest BCUT2D eigenvalue weighted by atomic mass is 10.0. The molecule has 3 aromatic rings. The van der Waals surface area contributed by atoms with Gasteiger partial charge in [-0.15, -0.1) is 0 Å². The number of methoxy groups -OCH3 is 1. The van der Waals surface area contributed by atoms with Crippen molar-refractivity contribution in [1.82, 2.24) is 10.3 Å². The predicted octanol–water partition coefficient (Wildman–Crippen LogP) is 3.63. The third-order valence-corrected chi connectivity index (χ3v) is 4.44. The van der Waals surface area contributed by atoms with Crippen molar-refractivity contribution in [1.29, 1.82) is 0 Å². The van der Waals surface area contributed by atoms with E-state index in [1.165, 1.54) is 0 Å². The van der Waals surface area contributed by atoms with Crippen LogP contribution in [0.25, 0.3) is 11.1 Å². The first-order chi connectivity index (χ1) is 12.8. The number of nitrogens with zero attached hydrogens (tertiary/aromatic N) is 1. The fourth-order valence-electron chi connectivity index (χ4n) is 3.04. The van der Waals surface area contributed by atoms with Crippen molar-refractivity contribution in [3.63, 3.8) is 0 Å². The molecule has 134 valence electrons. The fourth-order valence-corrected chi connectivity index (χ4v) is 3.26. The van der Waals surface area contributed by atoms with E-state index in [4.69, 9.17) is 26.1 Å². The number of nitrogens with one attached hydrogen (secondary N) is 2. The van der Waals surface area contributed by atoms with E-state index in [1.54, 1.807) is 13.3 Å². The summed E-state index contributed by atoms with van der Waals surface area (Å²) >= 11 is 5.39. The Morgan fingerprint density at radius 2 is 2.15 bits per heavy atom. The molecule has 6 nitrogen and oxygen atoms in total. The molecule has 0 radical (unpaired) electrons. The maximum atomic E-state index is 6.01. The van der Waals surface area contributed by atoms with Crippen molar-refractivity contribution >= 4 is 34.1 Å². The molecule has 0 aliphatic carbocycles. The van der Waals surface area contributed by atoms with Gasteiger partial charge in [-0.1, -0.05) is 12.1 Å². The summed E-state index contributed by atoms with van der Waals surface area (Å²) in [6.45, 7) is 1.29. The van der Waals surface area contributed by atoms with Crippen LogP contribution in [-0.2, 0) is 4.74 Å². The van der Waals surface area contributed by atoms with Crippen LogP contribution in [0, 0.1) is 0 Å². The van der Waals surface area contributed by atoms with Crippen LogP contribution in [0.4, 0.5) is 5.69 Å². The molecule has 1 aliphatic rings. The Labute approximate surface area is 156 Å². The van der Waals surface area contributed by atoms with Crippen molar-refractivity contribution in [3.05, 3.63) is 53.9 Å². The van der Waals surface area contributed by atoms with Gasteiger partial charge in [-0.25, -0.2) is 4.98 Å². The van der Waals surface area contributed by atoms with Gasteiger partial charge in [0.2, 0.25) is 5.71 Å². The zero-order chi connectivity index (χ0) is 17.9.